The van der Waals surface area contributed by atoms with Crippen molar-refractivity contribution in [2.45, 2.75) is 39.5 Å². The van der Waals surface area contributed by atoms with Gasteiger partial charge in [-0.25, -0.2) is 0 Å². The highest BCUT2D eigenvalue weighted by molar-refractivity contribution is 5.16. The van der Waals surface area contributed by atoms with E-state index in [2.05, 4.69) is 19.9 Å². The highest BCUT2D eigenvalue weighted by atomic mass is 14.2. The van der Waals surface area contributed by atoms with Crippen molar-refractivity contribution in [3.05, 3.63) is 11.6 Å². The molecule has 0 aromatic carbocycles. The largest absolute Gasteiger partial charge is 0.0825 e. The minimum atomic E-state index is 0.840. The molecule has 1 saturated carbocycles. The van der Waals surface area contributed by atoms with Crippen LogP contribution in [0.3, 0.4) is 0 Å². The van der Waals surface area contributed by atoms with E-state index < -0.39 is 0 Å². The summed E-state index contributed by atoms with van der Waals surface area (Å²) in [5.41, 5.74) is 1.69. The number of rotatable bonds is 3. The van der Waals surface area contributed by atoms with Gasteiger partial charge in [0.25, 0.3) is 0 Å². The molecule has 1 aliphatic rings. The van der Waals surface area contributed by atoms with E-state index in [1.165, 1.54) is 25.7 Å². The van der Waals surface area contributed by atoms with E-state index in [1.807, 2.05) is 0 Å². The van der Waals surface area contributed by atoms with Crippen LogP contribution in [0.4, 0.5) is 0 Å². The van der Waals surface area contributed by atoms with Crippen molar-refractivity contribution >= 4 is 0 Å². The summed E-state index contributed by atoms with van der Waals surface area (Å²) in [6, 6.07) is 0. The molecule has 1 fully saturated rings. The minimum absolute atomic E-state index is 0.840. The Hall–Kier alpha value is -0.260. The third kappa shape index (κ3) is 2.69. The zero-order chi connectivity index (χ0) is 6.69. The zero-order valence-electron chi connectivity index (χ0n) is 6.48. The Labute approximate surface area is 58.0 Å². The molecular weight excluding hydrogens is 108 g/mol. The quantitative estimate of drug-likeness (QED) is 0.507. The molecule has 0 radical (unpaired) electrons. The van der Waals surface area contributed by atoms with Gasteiger partial charge in [0.2, 0.25) is 0 Å². The van der Waals surface area contributed by atoms with Crippen LogP contribution in [0.5, 0.6) is 0 Å². The second kappa shape index (κ2) is 3.05. The van der Waals surface area contributed by atoms with Gasteiger partial charge in [-0.1, -0.05) is 31.9 Å². The standard InChI is InChI=1S/C9H16/c1-3-4-8(2)7-9-5-6-9/h7-8H,3-6H2,1-2H3. The van der Waals surface area contributed by atoms with Gasteiger partial charge in [-0.2, -0.15) is 0 Å². The second-order valence-corrected chi connectivity index (χ2v) is 3.09. The Kier molecular flexibility index (Phi) is 2.32. The molecular formula is C9H16. The lowest BCUT2D eigenvalue weighted by atomic mass is 10.1. The molecule has 0 bridgehead atoms. The Morgan fingerprint density at radius 1 is 1.56 bits per heavy atom. The number of hydrogen-bond acceptors (Lipinski definition) is 0. The summed E-state index contributed by atoms with van der Waals surface area (Å²) in [4.78, 5) is 0. The van der Waals surface area contributed by atoms with E-state index in [0.29, 0.717) is 0 Å². The molecule has 1 aliphatic carbocycles. The van der Waals surface area contributed by atoms with Crippen LogP contribution in [-0.2, 0) is 0 Å². The predicted molar refractivity (Wildman–Crippen MR) is 41.4 cm³/mol. The van der Waals surface area contributed by atoms with Crippen LogP contribution in [0.2, 0.25) is 0 Å². The first-order valence-corrected chi connectivity index (χ1v) is 4.02. The van der Waals surface area contributed by atoms with Gasteiger partial charge in [0.15, 0.2) is 0 Å². The van der Waals surface area contributed by atoms with Crippen molar-refractivity contribution in [2.24, 2.45) is 5.92 Å². The van der Waals surface area contributed by atoms with Gasteiger partial charge >= 0.3 is 0 Å². The highest BCUT2D eigenvalue weighted by Gasteiger charge is 2.11. The van der Waals surface area contributed by atoms with Crippen molar-refractivity contribution in [1.82, 2.24) is 0 Å². The van der Waals surface area contributed by atoms with Crippen LogP contribution < -0.4 is 0 Å². The molecule has 1 atom stereocenters. The molecule has 0 heterocycles. The van der Waals surface area contributed by atoms with E-state index >= 15 is 0 Å². The van der Waals surface area contributed by atoms with Crippen molar-refractivity contribution < 1.29 is 0 Å². The third-order valence-electron chi connectivity index (χ3n) is 1.80. The molecule has 0 spiro atoms. The molecule has 0 saturated heterocycles. The van der Waals surface area contributed by atoms with Gasteiger partial charge in [-0.3, -0.25) is 0 Å². The smallest absolute Gasteiger partial charge is 0.0259 e. The molecule has 1 unspecified atom stereocenters. The predicted octanol–water partition coefficient (Wildman–Crippen LogP) is 3.14. The van der Waals surface area contributed by atoms with Crippen LogP contribution in [0.15, 0.2) is 11.6 Å². The Balaban J connectivity index is 2.17. The lowest BCUT2D eigenvalue weighted by Crippen LogP contribution is -1.86. The zero-order valence-corrected chi connectivity index (χ0v) is 6.48. The van der Waals surface area contributed by atoms with Crippen molar-refractivity contribution in [3.63, 3.8) is 0 Å². The summed E-state index contributed by atoms with van der Waals surface area (Å²) in [6.45, 7) is 4.57. The van der Waals surface area contributed by atoms with Gasteiger partial charge in [0.05, 0.1) is 0 Å². The van der Waals surface area contributed by atoms with Crippen LogP contribution in [0.25, 0.3) is 0 Å². The van der Waals surface area contributed by atoms with Crippen LogP contribution in [0, 0.1) is 5.92 Å². The molecule has 0 aromatic rings. The summed E-state index contributed by atoms with van der Waals surface area (Å²) in [7, 11) is 0. The summed E-state index contributed by atoms with van der Waals surface area (Å²) in [5, 5.41) is 0. The molecule has 52 valence electrons. The topological polar surface area (TPSA) is 0 Å². The Morgan fingerprint density at radius 2 is 2.22 bits per heavy atom. The number of hydrogen-bond donors (Lipinski definition) is 0. The fourth-order valence-corrected chi connectivity index (χ4v) is 1.18. The van der Waals surface area contributed by atoms with E-state index in [9.17, 15) is 0 Å². The van der Waals surface area contributed by atoms with Crippen molar-refractivity contribution in [3.8, 4) is 0 Å². The first-order valence-electron chi connectivity index (χ1n) is 4.02. The average molecular weight is 124 g/mol. The van der Waals surface area contributed by atoms with Gasteiger partial charge in [-0.15, -0.1) is 0 Å². The minimum Gasteiger partial charge on any atom is -0.0825 e. The van der Waals surface area contributed by atoms with Gasteiger partial charge < -0.3 is 0 Å². The lowest BCUT2D eigenvalue weighted by Gasteiger charge is -2.00. The summed E-state index contributed by atoms with van der Waals surface area (Å²) < 4.78 is 0. The average Bonchev–Trinajstić information content (AvgIpc) is 2.50. The monoisotopic (exact) mass is 124 g/mol. The van der Waals surface area contributed by atoms with Gasteiger partial charge in [-0.05, 0) is 25.2 Å². The van der Waals surface area contributed by atoms with E-state index in [4.69, 9.17) is 0 Å². The maximum Gasteiger partial charge on any atom is -0.0259 e. The fraction of sp³-hybridized carbons (Fsp3) is 0.778. The lowest BCUT2D eigenvalue weighted by molar-refractivity contribution is 0.633. The summed E-state index contributed by atoms with van der Waals surface area (Å²) >= 11 is 0. The van der Waals surface area contributed by atoms with Gasteiger partial charge in [0.1, 0.15) is 0 Å². The molecule has 9 heavy (non-hydrogen) atoms. The number of allylic oxidation sites excluding steroid dienone is 2. The molecule has 1 rings (SSSR count). The Morgan fingerprint density at radius 3 is 2.67 bits per heavy atom. The maximum atomic E-state index is 2.45. The Bertz CT molecular complexity index is 105. The maximum absolute atomic E-state index is 2.45. The highest BCUT2D eigenvalue weighted by Crippen LogP contribution is 2.29. The summed E-state index contributed by atoms with van der Waals surface area (Å²) in [6.07, 6.45) is 7.90. The first kappa shape index (κ1) is 6.85. The molecule has 0 aromatic heterocycles. The van der Waals surface area contributed by atoms with Crippen LogP contribution >= 0.6 is 0 Å². The third-order valence-corrected chi connectivity index (χ3v) is 1.80. The first-order chi connectivity index (χ1) is 4.33. The molecule has 0 heteroatoms. The summed E-state index contributed by atoms with van der Waals surface area (Å²) in [5.74, 6) is 0.840. The van der Waals surface area contributed by atoms with Crippen molar-refractivity contribution in [2.75, 3.05) is 0 Å². The molecule has 0 nitrogen and oxygen atoms in total. The van der Waals surface area contributed by atoms with Crippen LogP contribution in [0.1, 0.15) is 39.5 Å². The SMILES string of the molecule is CCCC(C)C=C1CC1. The van der Waals surface area contributed by atoms with E-state index in [1.54, 1.807) is 5.57 Å². The second-order valence-electron chi connectivity index (χ2n) is 3.09. The van der Waals surface area contributed by atoms with Crippen molar-refractivity contribution in [1.29, 1.82) is 0 Å². The van der Waals surface area contributed by atoms with Crippen LogP contribution in [-0.4, -0.2) is 0 Å². The normalized spacial score (nSPS) is 19.6. The molecule has 0 amide bonds. The van der Waals surface area contributed by atoms with Gasteiger partial charge in [0, 0.05) is 0 Å². The van der Waals surface area contributed by atoms with E-state index in [0.717, 1.165) is 5.92 Å². The molecule has 0 N–H and O–H groups in total. The fourth-order valence-electron chi connectivity index (χ4n) is 1.18. The van der Waals surface area contributed by atoms with E-state index in [-0.39, 0.29) is 0 Å². The molecule has 0 aliphatic heterocycles.